The van der Waals surface area contributed by atoms with Crippen LogP contribution in [0.1, 0.15) is 5.56 Å². The van der Waals surface area contributed by atoms with Gasteiger partial charge < -0.3 is 9.64 Å². The lowest BCUT2D eigenvalue weighted by atomic mass is 10.2. The van der Waals surface area contributed by atoms with Crippen molar-refractivity contribution in [1.29, 1.82) is 0 Å². The maximum atomic E-state index is 12.4. The van der Waals surface area contributed by atoms with Crippen molar-refractivity contribution >= 4 is 33.2 Å². The van der Waals surface area contributed by atoms with Crippen LogP contribution in [0.15, 0.2) is 47.4 Å². The van der Waals surface area contributed by atoms with Gasteiger partial charge in [0.05, 0.1) is 10.6 Å². The number of halogens is 1. The quantitative estimate of drug-likeness (QED) is 0.833. The van der Waals surface area contributed by atoms with Gasteiger partial charge in [0.1, 0.15) is 5.75 Å². The first-order chi connectivity index (χ1) is 11.7. The highest BCUT2D eigenvalue weighted by Crippen LogP contribution is 2.23. The molecule has 0 saturated heterocycles. The monoisotopic (exact) mass is 382 g/mol. The molecule has 0 aromatic heterocycles. The molecule has 25 heavy (non-hydrogen) atoms. The van der Waals surface area contributed by atoms with E-state index >= 15 is 0 Å². The summed E-state index contributed by atoms with van der Waals surface area (Å²) in [6.45, 7) is 1.72. The summed E-state index contributed by atoms with van der Waals surface area (Å²) in [4.78, 5) is 13.0. The molecule has 0 fully saturated rings. The molecule has 6 nitrogen and oxygen atoms in total. The zero-order valence-electron chi connectivity index (χ0n) is 14.1. The Morgan fingerprint density at radius 3 is 2.36 bits per heavy atom. The molecule has 134 valence electrons. The number of aryl methyl sites for hydroxylation is 1. The van der Waals surface area contributed by atoms with Gasteiger partial charge in [0.15, 0.2) is 6.61 Å². The third kappa shape index (κ3) is 5.11. The van der Waals surface area contributed by atoms with E-state index in [0.717, 1.165) is 5.56 Å². The standard InChI is InChI=1S/C17H19ClN2O4S/c1-12-4-5-13(10-16(12)18)19-25(22,23)15-8-6-14(7-9-15)24-11-17(21)20(2)3/h4-10,19H,11H2,1-3H3. The molecule has 0 radical (unpaired) electrons. The van der Waals surface area contributed by atoms with Crippen LogP contribution in [0.25, 0.3) is 0 Å². The number of hydrogen-bond donors (Lipinski definition) is 1. The first kappa shape index (κ1) is 19.1. The molecule has 8 heteroatoms. The summed E-state index contributed by atoms with van der Waals surface area (Å²) in [6.07, 6.45) is 0. The number of nitrogens with zero attached hydrogens (tertiary/aromatic N) is 1. The lowest BCUT2D eigenvalue weighted by molar-refractivity contribution is -0.130. The number of carbonyl (C=O) groups is 1. The average molecular weight is 383 g/mol. The van der Waals surface area contributed by atoms with E-state index in [0.29, 0.717) is 16.5 Å². The molecule has 0 aliphatic carbocycles. The summed E-state index contributed by atoms with van der Waals surface area (Å²) in [5.74, 6) is 0.224. The summed E-state index contributed by atoms with van der Waals surface area (Å²) in [7, 11) is -0.485. The molecular formula is C17H19ClN2O4S. The SMILES string of the molecule is Cc1ccc(NS(=O)(=O)c2ccc(OCC(=O)N(C)C)cc2)cc1Cl. The van der Waals surface area contributed by atoms with E-state index in [2.05, 4.69) is 4.72 Å². The van der Waals surface area contributed by atoms with E-state index in [9.17, 15) is 13.2 Å². The second-order valence-corrected chi connectivity index (χ2v) is 7.71. The summed E-state index contributed by atoms with van der Waals surface area (Å²) in [5.41, 5.74) is 1.24. The smallest absolute Gasteiger partial charge is 0.261 e. The predicted octanol–water partition coefficient (Wildman–Crippen LogP) is 2.92. The van der Waals surface area contributed by atoms with E-state index in [-0.39, 0.29) is 17.4 Å². The van der Waals surface area contributed by atoms with Crippen LogP contribution in [0.2, 0.25) is 5.02 Å². The molecule has 1 N–H and O–H groups in total. The normalized spacial score (nSPS) is 11.0. The van der Waals surface area contributed by atoms with Crippen LogP contribution in [0.3, 0.4) is 0 Å². The van der Waals surface area contributed by atoms with Gasteiger partial charge in [-0.25, -0.2) is 8.42 Å². The average Bonchev–Trinajstić information content (AvgIpc) is 2.56. The van der Waals surface area contributed by atoms with E-state index < -0.39 is 10.0 Å². The molecule has 0 spiro atoms. The van der Waals surface area contributed by atoms with Crippen LogP contribution in [-0.4, -0.2) is 39.9 Å². The van der Waals surface area contributed by atoms with Crippen LogP contribution >= 0.6 is 11.6 Å². The molecular weight excluding hydrogens is 364 g/mol. The molecule has 0 saturated carbocycles. The summed E-state index contributed by atoms with van der Waals surface area (Å²) in [5, 5.41) is 0.481. The number of likely N-dealkylation sites (N-methyl/N-ethyl adjacent to an activating group) is 1. The second kappa shape index (κ2) is 7.76. The Balaban J connectivity index is 2.09. The maximum absolute atomic E-state index is 12.4. The van der Waals surface area contributed by atoms with Gasteiger partial charge in [-0.2, -0.15) is 0 Å². The Labute approximate surface area is 152 Å². The van der Waals surface area contributed by atoms with Gasteiger partial charge in [-0.3, -0.25) is 9.52 Å². The van der Waals surface area contributed by atoms with Crippen molar-refractivity contribution in [2.75, 3.05) is 25.4 Å². The number of carbonyl (C=O) groups excluding carboxylic acids is 1. The number of sulfonamides is 1. The molecule has 0 unspecified atom stereocenters. The molecule has 2 aromatic rings. The number of hydrogen-bond acceptors (Lipinski definition) is 4. The van der Waals surface area contributed by atoms with Crippen molar-refractivity contribution in [3.63, 3.8) is 0 Å². The summed E-state index contributed by atoms with van der Waals surface area (Å²) >= 11 is 6.01. The van der Waals surface area contributed by atoms with Gasteiger partial charge in [0, 0.05) is 19.1 Å². The van der Waals surface area contributed by atoms with Crippen LogP contribution < -0.4 is 9.46 Å². The van der Waals surface area contributed by atoms with Crippen LogP contribution in [-0.2, 0) is 14.8 Å². The first-order valence-corrected chi connectivity index (χ1v) is 9.27. The van der Waals surface area contributed by atoms with Gasteiger partial charge in [0.25, 0.3) is 15.9 Å². The Hall–Kier alpha value is -2.25. The van der Waals surface area contributed by atoms with Gasteiger partial charge in [0.2, 0.25) is 0 Å². The molecule has 1 amide bonds. The lowest BCUT2D eigenvalue weighted by Crippen LogP contribution is -2.27. The number of amides is 1. The number of nitrogens with one attached hydrogen (secondary N) is 1. The fourth-order valence-corrected chi connectivity index (χ4v) is 3.09. The fourth-order valence-electron chi connectivity index (χ4n) is 1.86. The van der Waals surface area contributed by atoms with Crippen molar-refractivity contribution in [1.82, 2.24) is 4.90 Å². The molecule has 0 heterocycles. The number of rotatable bonds is 6. The topological polar surface area (TPSA) is 75.7 Å². The third-order valence-electron chi connectivity index (χ3n) is 3.42. The molecule has 0 atom stereocenters. The maximum Gasteiger partial charge on any atom is 0.261 e. The van der Waals surface area contributed by atoms with E-state index in [1.54, 1.807) is 32.3 Å². The van der Waals surface area contributed by atoms with E-state index in [4.69, 9.17) is 16.3 Å². The molecule has 0 aliphatic heterocycles. The highest BCUT2D eigenvalue weighted by Gasteiger charge is 2.15. The van der Waals surface area contributed by atoms with Crippen molar-refractivity contribution in [3.05, 3.63) is 53.1 Å². The zero-order chi connectivity index (χ0) is 18.6. The minimum Gasteiger partial charge on any atom is -0.484 e. The Kier molecular flexibility index (Phi) is 5.92. The fraction of sp³-hybridized carbons (Fsp3) is 0.235. The highest BCUT2D eigenvalue weighted by atomic mass is 35.5. The summed E-state index contributed by atoms with van der Waals surface area (Å²) in [6, 6.07) is 10.8. The van der Waals surface area contributed by atoms with Crippen LogP contribution in [0, 0.1) is 6.92 Å². The Bertz CT molecular complexity index is 865. The molecule has 2 aromatic carbocycles. The van der Waals surface area contributed by atoms with E-state index in [1.165, 1.54) is 29.2 Å². The van der Waals surface area contributed by atoms with Gasteiger partial charge in [-0.15, -0.1) is 0 Å². The van der Waals surface area contributed by atoms with Gasteiger partial charge in [-0.05, 0) is 48.9 Å². The van der Waals surface area contributed by atoms with Crippen LogP contribution in [0.5, 0.6) is 5.75 Å². The molecule has 0 bridgehead atoms. The summed E-state index contributed by atoms with van der Waals surface area (Å²) < 4.78 is 32.6. The van der Waals surface area contributed by atoms with Crippen molar-refractivity contribution < 1.29 is 17.9 Å². The lowest BCUT2D eigenvalue weighted by Gasteiger charge is -2.12. The number of ether oxygens (including phenoxy) is 1. The zero-order valence-corrected chi connectivity index (χ0v) is 15.7. The van der Waals surface area contributed by atoms with Gasteiger partial charge >= 0.3 is 0 Å². The number of anilines is 1. The molecule has 2 rings (SSSR count). The minimum absolute atomic E-state index is 0.0792. The minimum atomic E-state index is -3.74. The second-order valence-electron chi connectivity index (χ2n) is 5.62. The van der Waals surface area contributed by atoms with Crippen molar-refractivity contribution in [2.45, 2.75) is 11.8 Å². The van der Waals surface area contributed by atoms with E-state index in [1.807, 2.05) is 6.92 Å². The Morgan fingerprint density at radius 2 is 1.80 bits per heavy atom. The van der Waals surface area contributed by atoms with Crippen LogP contribution in [0.4, 0.5) is 5.69 Å². The van der Waals surface area contributed by atoms with Gasteiger partial charge in [-0.1, -0.05) is 17.7 Å². The highest BCUT2D eigenvalue weighted by molar-refractivity contribution is 7.92. The first-order valence-electron chi connectivity index (χ1n) is 7.41. The Morgan fingerprint density at radius 1 is 1.16 bits per heavy atom. The predicted molar refractivity (Wildman–Crippen MR) is 97.6 cm³/mol. The van der Waals surface area contributed by atoms with Crippen molar-refractivity contribution in [2.24, 2.45) is 0 Å². The largest absolute Gasteiger partial charge is 0.484 e. The van der Waals surface area contributed by atoms with Crippen molar-refractivity contribution in [3.8, 4) is 5.75 Å². The third-order valence-corrected chi connectivity index (χ3v) is 5.22. The molecule has 0 aliphatic rings. The number of benzene rings is 2.